The van der Waals surface area contributed by atoms with E-state index in [1.807, 2.05) is 13.0 Å². The van der Waals surface area contributed by atoms with Gasteiger partial charge in [0.15, 0.2) is 16.2 Å². The number of carbonyl (C=O) groups is 4. The molecule has 1 aliphatic heterocycles. The summed E-state index contributed by atoms with van der Waals surface area (Å²) < 4.78 is 17.0. The molecule has 2 spiro atoms. The molecule has 1 amide bonds. The summed E-state index contributed by atoms with van der Waals surface area (Å²) in [5, 5.41) is 2.83. The number of rotatable bonds is 8. The quantitative estimate of drug-likeness (QED) is 0.222. The van der Waals surface area contributed by atoms with E-state index in [1.165, 1.54) is 20.8 Å². The number of allylic oxidation sites excluding steroid dienone is 2. The molecule has 6 rings (SSSR count). The number of fused-ring (bicyclic) bond motifs is 2. The van der Waals surface area contributed by atoms with Gasteiger partial charge in [0.25, 0.3) is 5.91 Å². The smallest absolute Gasteiger partial charge is 0.303 e. The molecule has 8 nitrogen and oxygen atoms in total. The van der Waals surface area contributed by atoms with E-state index < -0.39 is 22.3 Å². The van der Waals surface area contributed by atoms with Gasteiger partial charge in [-0.15, -0.1) is 0 Å². The maximum Gasteiger partial charge on any atom is 0.303 e. The first-order valence-corrected chi connectivity index (χ1v) is 18.2. The normalized spacial score (nSPS) is 43.1. The van der Waals surface area contributed by atoms with E-state index in [9.17, 15) is 19.2 Å². The van der Waals surface area contributed by atoms with Crippen LogP contribution in [0, 0.1) is 57.2 Å². The fraction of sp³-hybridized carbons (Fsp3) is 0.784. The monoisotopic (exact) mass is 691 g/mol. The summed E-state index contributed by atoms with van der Waals surface area (Å²) >= 11 is 12.1. The van der Waals surface area contributed by atoms with Crippen LogP contribution in [0.2, 0.25) is 0 Å². The number of ether oxygens (including phenoxy) is 3. The Morgan fingerprint density at radius 2 is 1.81 bits per heavy atom. The van der Waals surface area contributed by atoms with Crippen LogP contribution in [0.4, 0.5) is 0 Å². The third-order valence-electron chi connectivity index (χ3n) is 14.2. The molecule has 0 aromatic heterocycles. The van der Waals surface area contributed by atoms with Crippen LogP contribution in [-0.4, -0.2) is 53.3 Å². The summed E-state index contributed by atoms with van der Waals surface area (Å²) in [6.07, 6.45) is 8.99. The molecule has 0 aromatic rings. The molecule has 1 heterocycles. The second kappa shape index (κ2) is 11.5. The molecule has 0 bridgehead atoms. The summed E-state index contributed by atoms with van der Waals surface area (Å²) in [5.41, 5.74) is 0.696. The summed E-state index contributed by atoms with van der Waals surface area (Å²) in [4.78, 5) is 50.7. The van der Waals surface area contributed by atoms with Crippen LogP contribution in [0.25, 0.3) is 0 Å². The molecule has 0 saturated heterocycles. The van der Waals surface area contributed by atoms with E-state index in [2.05, 4.69) is 39.1 Å². The minimum atomic E-state index is -1.59. The average Bonchev–Trinajstić information content (AvgIpc) is 3.41. The molecule has 10 heteroatoms. The fourth-order valence-corrected chi connectivity index (χ4v) is 12.1. The topological polar surface area (TPSA) is 108 Å². The number of hydrogen-bond acceptors (Lipinski definition) is 7. The highest BCUT2D eigenvalue weighted by Gasteiger charge is 2.81. The first-order valence-electron chi connectivity index (χ1n) is 17.4. The predicted octanol–water partition coefficient (Wildman–Crippen LogP) is 6.72. The van der Waals surface area contributed by atoms with Gasteiger partial charge in [0.05, 0.1) is 6.61 Å². The van der Waals surface area contributed by atoms with E-state index in [-0.39, 0.29) is 69.7 Å². The Balaban J connectivity index is 1.37. The highest BCUT2D eigenvalue weighted by atomic mass is 35.5. The SMILES string of the molecule is CC(=O)O[C@H]1C[C@@]2(C)[C@@H]3CC[C@H]4[C@H](C)C(=O)C=C[C@@]45C[C@@]35CC[C@]2(C)[C@H]1[C@H](C)[C@@H](OC(C)=O)C1=C(CNC(=O)C(C)(Cl)Cl)C(C)CO1. The van der Waals surface area contributed by atoms with Gasteiger partial charge in [0.1, 0.15) is 11.9 Å². The molecule has 4 fully saturated rings. The molecular weight excluding hydrogens is 641 g/mol. The van der Waals surface area contributed by atoms with E-state index in [1.54, 1.807) is 0 Å². The Hall–Kier alpha value is -2.06. The molecule has 5 aliphatic carbocycles. The van der Waals surface area contributed by atoms with Crippen molar-refractivity contribution in [1.82, 2.24) is 5.32 Å². The summed E-state index contributed by atoms with van der Waals surface area (Å²) in [6, 6.07) is 0. The standard InChI is InChI=1S/C37H51Cl2NO7/c1-19-17-45-31(24(19)16-40-32(44)35(8,38)39)30(47-23(5)42)21(3)29-27(46-22(4)41)15-34(7)28-10-9-25-20(2)26(43)11-12-36(25)18-37(28,36)14-13-33(29,34)6/h11-12,19-21,25,27-30H,9-10,13-18H2,1-8H3,(H,40,44)/t19?,20-,21-,25-,27-,28-,29-,30+,33+,34-,36+,37-/m0/s1. The zero-order valence-corrected chi connectivity index (χ0v) is 30.6. The molecule has 1 N–H and O–H groups in total. The lowest BCUT2D eigenvalue weighted by Gasteiger charge is -2.61. The molecule has 47 heavy (non-hydrogen) atoms. The molecule has 12 atom stereocenters. The van der Waals surface area contributed by atoms with E-state index in [0.29, 0.717) is 24.2 Å². The maximum atomic E-state index is 12.7. The summed E-state index contributed by atoms with van der Waals surface area (Å²) in [5.74, 6) is -0.0183. The van der Waals surface area contributed by atoms with Crippen LogP contribution in [0.5, 0.6) is 0 Å². The second-order valence-corrected chi connectivity index (χ2v) is 18.1. The molecule has 260 valence electrons. The third kappa shape index (κ3) is 5.11. The van der Waals surface area contributed by atoms with Crippen molar-refractivity contribution in [3.8, 4) is 0 Å². The zero-order valence-electron chi connectivity index (χ0n) is 29.0. The summed E-state index contributed by atoms with van der Waals surface area (Å²) in [6.45, 7) is 15.8. The van der Waals surface area contributed by atoms with Crippen molar-refractivity contribution < 1.29 is 33.4 Å². The average molecular weight is 693 g/mol. The van der Waals surface area contributed by atoms with Crippen molar-refractivity contribution in [3.05, 3.63) is 23.5 Å². The Bertz CT molecular complexity index is 1440. The number of carbonyl (C=O) groups excluding carboxylic acids is 4. The summed E-state index contributed by atoms with van der Waals surface area (Å²) in [7, 11) is 0. The molecule has 4 saturated carbocycles. The van der Waals surface area contributed by atoms with Crippen LogP contribution in [-0.2, 0) is 33.4 Å². The zero-order chi connectivity index (χ0) is 34.5. The maximum absolute atomic E-state index is 12.7. The van der Waals surface area contributed by atoms with Crippen molar-refractivity contribution in [2.75, 3.05) is 13.2 Å². The first kappa shape index (κ1) is 34.8. The lowest BCUT2D eigenvalue weighted by molar-refractivity contribution is -0.162. The number of halogens is 2. The fourth-order valence-electron chi connectivity index (χ4n) is 11.9. The van der Waals surface area contributed by atoms with Gasteiger partial charge < -0.3 is 19.5 Å². The molecule has 0 aromatic carbocycles. The first-order chi connectivity index (χ1) is 21.8. The second-order valence-electron chi connectivity index (χ2n) is 16.4. The Kier molecular flexibility index (Phi) is 8.51. The third-order valence-corrected chi connectivity index (χ3v) is 14.5. The lowest BCUT2D eigenvalue weighted by Crippen LogP contribution is -2.56. The van der Waals surface area contributed by atoms with Crippen LogP contribution < -0.4 is 5.32 Å². The minimum absolute atomic E-state index is 0.0326. The number of alkyl halides is 2. The highest BCUT2D eigenvalue weighted by Crippen LogP contribution is 2.87. The van der Waals surface area contributed by atoms with E-state index >= 15 is 0 Å². The van der Waals surface area contributed by atoms with Gasteiger partial charge >= 0.3 is 11.9 Å². The number of ketones is 1. The van der Waals surface area contributed by atoms with Gasteiger partial charge in [0, 0.05) is 44.1 Å². The van der Waals surface area contributed by atoms with Crippen molar-refractivity contribution in [2.24, 2.45) is 57.2 Å². The number of amides is 1. The van der Waals surface area contributed by atoms with Crippen molar-refractivity contribution in [1.29, 1.82) is 0 Å². The molecular formula is C37H51Cl2NO7. The molecule has 1 unspecified atom stereocenters. The van der Waals surface area contributed by atoms with Gasteiger partial charge in [-0.3, -0.25) is 19.2 Å². The Labute approximate surface area is 289 Å². The van der Waals surface area contributed by atoms with Crippen LogP contribution in [0.15, 0.2) is 23.5 Å². The van der Waals surface area contributed by atoms with Crippen LogP contribution >= 0.6 is 23.2 Å². The van der Waals surface area contributed by atoms with Crippen LogP contribution in [0.3, 0.4) is 0 Å². The van der Waals surface area contributed by atoms with Gasteiger partial charge in [-0.25, -0.2) is 0 Å². The Morgan fingerprint density at radius 3 is 2.45 bits per heavy atom. The lowest BCUT2D eigenvalue weighted by atomic mass is 9.43. The Morgan fingerprint density at radius 1 is 1.11 bits per heavy atom. The van der Waals surface area contributed by atoms with E-state index in [0.717, 1.165) is 44.1 Å². The van der Waals surface area contributed by atoms with E-state index in [4.69, 9.17) is 37.4 Å². The van der Waals surface area contributed by atoms with Gasteiger partial charge in [-0.2, -0.15) is 0 Å². The van der Waals surface area contributed by atoms with Gasteiger partial charge in [-0.05, 0) is 90.6 Å². The highest BCUT2D eigenvalue weighted by molar-refractivity contribution is 6.57. The largest absolute Gasteiger partial charge is 0.493 e. The predicted molar refractivity (Wildman–Crippen MR) is 178 cm³/mol. The van der Waals surface area contributed by atoms with Crippen molar-refractivity contribution >= 4 is 46.8 Å². The number of nitrogens with one attached hydrogen (secondary N) is 1. The van der Waals surface area contributed by atoms with Crippen molar-refractivity contribution in [3.63, 3.8) is 0 Å². The van der Waals surface area contributed by atoms with Gasteiger partial charge in [-0.1, -0.05) is 63.9 Å². The minimum Gasteiger partial charge on any atom is -0.493 e. The van der Waals surface area contributed by atoms with Crippen molar-refractivity contribution in [2.45, 2.75) is 110 Å². The molecule has 0 radical (unpaired) electrons. The van der Waals surface area contributed by atoms with Crippen LogP contribution in [0.1, 0.15) is 93.9 Å². The van der Waals surface area contributed by atoms with Gasteiger partial charge in [0.2, 0.25) is 0 Å². The number of esters is 2. The number of hydrogen-bond donors (Lipinski definition) is 1. The molecule has 6 aliphatic rings.